The van der Waals surface area contributed by atoms with Crippen LogP contribution in [0.25, 0.3) is 0 Å². The van der Waals surface area contributed by atoms with Crippen molar-refractivity contribution in [3.8, 4) is 0 Å². The highest BCUT2D eigenvalue weighted by Gasteiger charge is 2.23. The number of benzene rings is 2. The fourth-order valence-electron chi connectivity index (χ4n) is 4.15. The molecule has 1 fully saturated rings. The minimum atomic E-state index is -0.406. The van der Waals surface area contributed by atoms with E-state index in [1.54, 1.807) is 24.3 Å². The molecule has 7 nitrogen and oxygen atoms in total. The molecule has 0 bridgehead atoms. The van der Waals surface area contributed by atoms with Crippen molar-refractivity contribution in [2.24, 2.45) is 0 Å². The topological polar surface area (TPSA) is 86.1 Å². The summed E-state index contributed by atoms with van der Waals surface area (Å²) < 4.78 is 6.96. The number of ether oxygens (including phenoxy) is 1. The largest absolute Gasteiger partial charge is 0.465 e. The second-order valence-electron chi connectivity index (χ2n) is 8.13. The Morgan fingerprint density at radius 2 is 1.76 bits per heavy atom. The molecule has 1 saturated carbocycles. The minimum Gasteiger partial charge on any atom is -0.465 e. The van der Waals surface area contributed by atoms with Crippen LogP contribution in [0.15, 0.2) is 59.8 Å². The molecule has 8 heteroatoms. The lowest BCUT2D eigenvalue weighted by atomic mass is 9.95. The van der Waals surface area contributed by atoms with E-state index in [0.29, 0.717) is 17.3 Å². The number of anilines is 1. The van der Waals surface area contributed by atoms with Crippen LogP contribution in [-0.2, 0) is 16.0 Å². The fourth-order valence-corrected chi connectivity index (χ4v) is 4.97. The molecule has 1 aromatic heterocycles. The van der Waals surface area contributed by atoms with E-state index in [-0.39, 0.29) is 11.7 Å². The Balaban J connectivity index is 1.43. The molecule has 1 aliphatic rings. The number of esters is 1. The van der Waals surface area contributed by atoms with Gasteiger partial charge in [0.1, 0.15) is 5.82 Å². The number of thioether (sulfide) groups is 1. The number of nitrogens with one attached hydrogen (secondary N) is 1. The maximum absolute atomic E-state index is 12.6. The van der Waals surface area contributed by atoms with Crippen LogP contribution in [0.3, 0.4) is 0 Å². The summed E-state index contributed by atoms with van der Waals surface area (Å²) in [5, 5.41) is 12.6. The van der Waals surface area contributed by atoms with E-state index in [0.717, 1.165) is 30.2 Å². The van der Waals surface area contributed by atoms with E-state index in [9.17, 15) is 9.59 Å². The first-order chi connectivity index (χ1) is 16.1. The molecule has 0 aliphatic heterocycles. The average molecular weight is 465 g/mol. The van der Waals surface area contributed by atoms with Crippen molar-refractivity contribution in [1.82, 2.24) is 14.8 Å². The lowest BCUT2D eigenvalue weighted by Gasteiger charge is -2.25. The van der Waals surface area contributed by atoms with Gasteiger partial charge in [-0.25, -0.2) is 4.79 Å². The summed E-state index contributed by atoms with van der Waals surface area (Å²) >= 11 is 1.41. The fraction of sp³-hybridized carbons (Fsp3) is 0.360. The molecular formula is C25H28N4O3S. The first kappa shape index (κ1) is 23.0. The number of hydrogen-bond donors (Lipinski definition) is 1. The van der Waals surface area contributed by atoms with Crippen molar-refractivity contribution in [1.29, 1.82) is 0 Å². The van der Waals surface area contributed by atoms with Crippen LogP contribution < -0.4 is 5.32 Å². The smallest absolute Gasteiger partial charge is 0.337 e. The molecule has 2 aromatic carbocycles. The summed E-state index contributed by atoms with van der Waals surface area (Å²) in [5.74, 6) is 0.648. The van der Waals surface area contributed by atoms with Crippen LogP contribution in [0.5, 0.6) is 0 Å². The van der Waals surface area contributed by atoms with Crippen molar-refractivity contribution in [3.05, 3.63) is 71.5 Å². The minimum absolute atomic E-state index is 0.131. The lowest BCUT2D eigenvalue weighted by molar-refractivity contribution is -0.113. The van der Waals surface area contributed by atoms with Gasteiger partial charge in [0.05, 0.1) is 18.4 Å². The van der Waals surface area contributed by atoms with E-state index in [1.165, 1.54) is 43.7 Å². The summed E-state index contributed by atoms with van der Waals surface area (Å²) in [7, 11) is 1.34. The third-order valence-electron chi connectivity index (χ3n) is 5.80. The van der Waals surface area contributed by atoms with Crippen molar-refractivity contribution in [2.75, 3.05) is 18.2 Å². The number of rotatable bonds is 8. The zero-order valence-electron chi connectivity index (χ0n) is 18.7. The van der Waals surface area contributed by atoms with Gasteiger partial charge in [0.2, 0.25) is 5.91 Å². The molecule has 172 valence electrons. The van der Waals surface area contributed by atoms with Crippen LogP contribution in [0.4, 0.5) is 5.69 Å². The van der Waals surface area contributed by atoms with E-state index < -0.39 is 5.97 Å². The number of amides is 1. The molecule has 1 amide bonds. The van der Waals surface area contributed by atoms with Gasteiger partial charge in [-0.05, 0) is 42.7 Å². The highest BCUT2D eigenvalue weighted by atomic mass is 32.2. The molecule has 1 heterocycles. The number of carbonyl (C=O) groups is 2. The van der Waals surface area contributed by atoms with Crippen molar-refractivity contribution < 1.29 is 14.3 Å². The number of nitrogens with zero attached hydrogens (tertiary/aromatic N) is 3. The Hall–Kier alpha value is -3.13. The zero-order chi connectivity index (χ0) is 23.0. The van der Waals surface area contributed by atoms with Crippen molar-refractivity contribution in [2.45, 2.75) is 49.7 Å². The predicted molar refractivity (Wildman–Crippen MR) is 129 cm³/mol. The first-order valence-electron chi connectivity index (χ1n) is 11.2. The normalized spacial score (nSPS) is 14.1. The van der Waals surface area contributed by atoms with Gasteiger partial charge in [0, 0.05) is 18.2 Å². The molecule has 0 unspecified atom stereocenters. The molecule has 1 N–H and O–H groups in total. The van der Waals surface area contributed by atoms with Crippen LogP contribution in [0, 0.1) is 0 Å². The summed E-state index contributed by atoms with van der Waals surface area (Å²) in [6.45, 7) is 0. The predicted octanol–water partition coefficient (Wildman–Crippen LogP) is 4.89. The lowest BCUT2D eigenvalue weighted by Crippen LogP contribution is -2.18. The van der Waals surface area contributed by atoms with Gasteiger partial charge in [0.25, 0.3) is 0 Å². The van der Waals surface area contributed by atoms with Gasteiger partial charge in [-0.3, -0.25) is 4.79 Å². The second kappa shape index (κ2) is 11.1. The van der Waals surface area contributed by atoms with Gasteiger partial charge in [-0.1, -0.05) is 61.4 Å². The number of methoxy groups -OCH3 is 1. The van der Waals surface area contributed by atoms with Crippen molar-refractivity contribution >= 4 is 29.3 Å². The summed E-state index contributed by atoms with van der Waals surface area (Å²) in [6.07, 6.45) is 6.65. The molecule has 0 saturated heterocycles. The third kappa shape index (κ3) is 6.01. The van der Waals surface area contributed by atoms with Gasteiger partial charge in [-0.2, -0.15) is 0 Å². The third-order valence-corrected chi connectivity index (χ3v) is 6.75. The first-order valence-corrected chi connectivity index (χ1v) is 12.2. The van der Waals surface area contributed by atoms with Crippen LogP contribution in [0.2, 0.25) is 0 Å². The van der Waals surface area contributed by atoms with E-state index in [4.69, 9.17) is 4.74 Å². The Morgan fingerprint density at radius 3 is 2.45 bits per heavy atom. The molecule has 1 aliphatic carbocycles. The highest BCUT2D eigenvalue weighted by molar-refractivity contribution is 7.99. The Labute approximate surface area is 197 Å². The Kier molecular flexibility index (Phi) is 7.78. The Bertz CT molecular complexity index is 1080. The SMILES string of the molecule is COC(=O)c1ccc(NC(=O)CSc2nnc(Cc3ccccc3)n2C2CCCCC2)cc1. The number of aromatic nitrogens is 3. The molecule has 33 heavy (non-hydrogen) atoms. The van der Waals surface area contributed by atoms with E-state index in [2.05, 4.69) is 32.2 Å². The van der Waals surface area contributed by atoms with Gasteiger partial charge in [0.15, 0.2) is 5.16 Å². The monoisotopic (exact) mass is 464 g/mol. The standard InChI is InChI=1S/C25H28N4O3S/c1-32-24(31)19-12-14-20(15-13-19)26-23(30)17-33-25-28-27-22(16-18-8-4-2-5-9-18)29(25)21-10-6-3-7-11-21/h2,4-5,8-9,12-15,21H,3,6-7,10-11,16-17H2,1H3,(H,26,30). The number of carbonyl (C=O) groups excluding carboxylic acids is 2. The Morgan fingerprint density at radius 1 is 1.03 bits per heavy atom. The van der Waals surface area contributed by atoms with Crippen molar-refractivity contribution in [3.63, 3.8) is 0 Å². The maximum atomic E-state index is 12.6. The van der Waals surface area contributed by atoms with E-state index in [1.807, 2.05) is 18.2 Å². The highest BCUT2D eigenvalue weighted by Crippen LogP contribution is 2.33. The molecule has 0 radical (unpaired) electrons. The van der Waals surface area contributed by atoms with E-state index >= 15 is 0 Å². The van der Waals surface area contributed by atoms with Gasteiger partial charge in [-0.15, -0.1) is 10.2 Å². The summed E-state index contributed by atoms with van der Waals surface area (Å²) in [4.78, 5) is 24.1. The molecule has 3 aromatic rings. The molecule has 0 atom stereocenters. The zero-order valence-corrected chi connectivity index (χ0v) is 19.5. The summed E-state index contributed by atoms with van der Waals surface area (Å²) in [6, 6.07) is 17.3. The second-order valence-corrected chi connectivity index (χ2v) is 9.07. The van der Waals surface area contributed by atoms with Gasteiger partial charge >= 0.3 is 5.97 Å². The average Bonchev–Trinajstić information content (AvgIpc) is 3.26. The van der Waals surface area contributed by atoms with Crippen LogP contribution >= 0.6 is 11.8 Å². The quantitative estimate of drug-likeness (QED) is 0.377. The van der Waals surface area contributed by atoms with Crippen LogP contribution in [-0.4, -0.2) is 39.5 Å². The molecule has 4 rings (SSSR count). The number of hydrogen-bond acceptors (Lipinski definition) is 6. The molecule has 0 spiro atoms. The van der Waals surface area contributed by atoms with Gasteiger partial charge < -0.3 is 14.6 Å². The van der Waals surface area contributed by atoms with Crippen LogP contribution in [0.1, 0.15) is 59.9 Å². The summed E-state index contributed by atoms with van der Waals surface area (Å²) in [5.41, 5.74) is 2.27. The maximum Gasteiger partial charge on any atom is 0.337 e. The molecular weight excluding hydrogens is 436 g/mol.